The number of carbonyl (C=O) groups excluding carboxylic acids is 1. The largest absolute Gasteiger partial charge is 0.339 e. The Hall–Kier alpha value is -0.440. The fraction of sp³-hybridized carbons (Fsp3) is 0.750. The van der Waals surface area contributed by atoms with Gasteiger partial charge in [-0.2, -0.15) is 12.6 Å². The third-order valence-electron chi connectivity index (χ3n) is 3.14. The van der Waals surface area contributed by atoms with E-state index in [1.54, 1.807) is 0 Å². The predicted molar refractivity (Wildman–Crippen MR) is 67.2 cm³/mol. The molecule has 0 N–H and O–H groups in total. The third kappa shape index (κ3) is 3.90. The predicted octanol–water partition coefficient (Wildman–Crippen LogP) is 2.51. The van der Waals surface area contributed by atoms with Gasteiger partial charge in [-0.05, 0) is 24.3 Å². The van der Waals surface area contributed by atoms with Crippen molar-refractivity contribution < 1.29 is 4.79 Å². The van der Waals surface area contributed by atoms with E-state index >= 15 is 0 Å². The van der Waals surface area contributed by atoms with Crippen LogP contribution >= 0.6 is 12.6 Å². The van der Waals surface area contributed by atoms with Crippen molar-refractivity contribution in [2.75, 3.05) is 18.8 Å². The van der Waals surface area contributed by atoms with Gasteiger partial charge in [0.1, 0.15) is 0 Å². The molecule has 1 fully saturated rings. The lowest BCUT2D eigenvalue weighted by molar-refractivity contribution is -0.130. The lowest BCUT2D eigenvalue weighted by atomic mass is 9.98. The second-order valence-electron chi connectivity index (χ2n) is 4.33. The summed E-state index contributed by atoms with van der Waals surface area (Å²) in [5.74, 6) is 1.68. The van der Waals surface area contributed by atoms with Crippen molar-refractivity contribution in [3.05, 3.63) is 12.2 Å². The normalized spacial score (nSPS) is 22.7. The zero-order valence-electron chi connectivity index (χ0n) is 9.54. The summed E-state index contributed by atoms with van der Waals surface area (Å²) in [5.41, 5.74) is 1.03. The summed E-state index contributed by atoms with van der Waals surface area (Å²) < 4.78 is 0. The van der Waals surface area contributed by atoms with Crippen LogP contribution in [0.2, 0.25) is 0 Å². The van der Waals surface area contributed by atoms with Crippen LogP contribution in [0.5, 0.6) is 0 Å². The Morgan fingerprint density at radius 3 is 2.93 bits per heavy atom. The van der Waals surface area contributed by atoms with Gasteiger partial charge in [-0.15, -0.1) is 0 Å². The van der Waals surface area contributed by atoms with Crippen LogP contribution in [0, 0.1) is 5.92 Å². The van der Waals surface area contributed by atoms with Crippen molar-refractivity contribution in [1.82, 2.24) is 4.90 Å². The Kier molecular flexibility index (Phi) is 5.23. The minimum absolute atomic E-state index is 0.286. The van der Waals surface area contributed by atoms with E-state index < -0.39 is 0 Å². The average molecular weight is 227 g/mol. The molecule has 1 amide bonds. The summed E-state index contributed by atoms with van der Waals surface area (Å²) in [5, 5.41) is 0. The van der Waals surface area contributed by atoms with Crippen LogP contribution in [0.25, 0.3) is 0 Å². The van der Waals surface area contributed by atoms with Gasteiger partial charge in [-0.3, -0.25) is 4.79 Å². The molecule has 1 unspecified atom stereocenters. The van der Waals surface area contributed by atoms with Gasteiger partial charge in [-0.1, -0.05) is 19.9 Å². The van der Waals surface area contributed by atoms with Gasteiger partial charge < -0.3 is 4.90 Å². The van der Waals surface area contributed by atoms with Crippen LogP contribution in [-0.4, -0.2) is 29.6 Å². The van der Waals surface area contributed by atoms with Gasteiger partial charge in [0, 0.05) is 25.3 Å². The van der Waals surface area contributed by atoms with Crippen molar-refractivity contribution in [2.24, 2.45) is 5.92 Å². The van der Waals surface area contributed by atoms with Crippen molar-refractivity contribution >= 4 is 18.5 Å². The zero-order valence-corrected chi connectivity index (χ0v) is 10.4. The molecule has 0 aliphatic carbocycles. The van der Waals surface area contributed by atoms with Crippen molar-refractivity contribution in [3.8, 4) is 0 Å². The third-order valence-corrected chi connectivity index (χ3v) is 3.59. The van der Waals surface area contributed by atoms with Gasteiger partial charge in [-0.25, -0.2) is 0 Å². The van der Waals surface area contributed by atoms with E-state index in [-0.39, 0.29) is 5.91 Å². The highest BCUT2D eigenvalue weighted by Gasteiger charge is 2.21. The van der Waals surface area contributed by atoms with Gasteiger partial charge in [0.25, 0.3) is 0 Å². The number of carbonyl (C=O) groups is 1. The standard InChI is InChI=1S/C12H21NOS/c1-3-11-4-5-12(14)13(7-6-11)8-10(2)9-15/h11,15H,2-9H2,1H3. The Balaban J connectivity index is 2.50. The molecule has 86 valence electrons. The molecule has 1 heterocycles. The summed E-state index contributed by atoms with van der Waals surface area (Å²) in [4.78, 5) is 13.7. The van der Waals surface area contributed by atoms with E-state index in [2.05, 4.69) is 26.1 Å². The second kappa shape index (κ2) is 6.21. The highest BCUT2D eigenvalue weighted by molar-refractivity contribution is 7.80. The molecule has 1 rings (SSSR count). The van der Waals surface area contributed by atoms with E-state index in [0.29, 0.717) is 18.7 Å². The first-order chi connectivity index (χ1) is 7.17. The first kappa shape index (κ1) is 12.6. The number of nitrogens with zero attached hydrogens (tertiary/aromatic N) is 1. The van der Waals surface area contributed by atoms with Crippen LogP contribution in [0.1, 0.15) is 32.6 Å². The molecule has 1 atom stereocenters. The molecule has 0 aromatic heterocycles. The number of hydrogen-bond donors (Lipinski definition) is 1. The van der Waals surface area contributed by atoms with E-state index in [4.69, 9.17) is 0 Å². The van der Waals surface area contributed by atoms with Crippen LogP contribution in [0.4, 0.5) is 0 Å². The maximum absolute atomic E-state index is 11.8. The number of thiol groups is 1. The highest BCUT2D eigenvalue weighted by atomic mass is 32.1. The monoisotopic (exact) mass is 227 g/mol. The van der Waals surface area contributed by atoms with Crippen LogP contribution < -0.4 is 0 Å². The molecule has 0 saturated carbocycles. The Labute approximate surface area is 98.1 Å². The quantitative estimate of drug-likeness (QED) is 0.578. The van der Waals surface area contributed by atoms with Crippen LogP contribution in [0.3, 0.4) is 0 Å². The molecule has 3 heteroatoms. The first-order valence-corrected chi connectivity index (χ1v) is 6.35. The number of hydrogen-bond acceptors (Lipinski definition) is 2. The molecule has 0 aromatic rings. The molecule has 1 saturated heterocycles. The van der Waals surface area contributed by atoms with E-state index in [9.17, 15) is 4.79 Å². The molecule has 0 aromatic carbocycles. The maximum Gasteiger partial charge on any atom is 0.222 e. The van der Waals surface area contributed by atoms with Gasteiger partial charge in [0.05, 0.1) is 0 Å². The Morgan fingerprint density at radius 1 is 1.60 bits per heavy atom. The Morgan fingerprint density at radius 2 is 2.33 bits per heavy atom. The van der Waals surface area contributed by atoms with Crippen molar-refractivity contribution in [1.29, 1.82) is 0 Å². The first-order valence-electron chi connectivity index (χ1n) is 5.72. The van der Waals surface area contributed by atoms with E-state index in [1.165, 1.54) is 6.42 Å². The molecule has 15 heavy (non-hydrogen) atoms. The molecule has 1 aliphatic heterocycles. The van der Waals surface area contributed by atoms with Crippen molar-refractivity contribution in [2.45, 2.75) is 32.6 Å². The number of amides is 1. The zero-order chi connectivity index (χ0) is 11.3. The summed E-state index contributed by atoms with van der Waals surface area (Å²) in [6, 6.07) is 0. The van der Waals surface area contributed by atoms with Crippen LogP contribution in [0.15, 0.2) is 12.2 Å². The number of rotatable bonds is 4. The van der Waals surface area contributed by atoms with Crippen molar-refractivity contribution in [3.63, 3.8) is 0 Å². The number of likely N-dealkylation sites (tertiary alicyclic amines) is 1. The minimum Gasteiger partial charge on any atom is -0.339 e. The van der Waals surface area contributed by atoms with Gasteiger partial charge >= 0.3 is 0 Å². The van der Waals surface area contributed by atoms with E-state index in [0.717, 1.165) is 30.9 Å². The molecule has 0 spiro atoms. The van der Waals surface area contributed by atoms with E-state index in [1.807, 2.05) is 4.90 Å². The molecular formula is C12H21NOS. The molecular weight excluding hydrogens is 206 g/mol. The highest BCUT2D eigenvalue weighted by Crippen LogP contribution is 2.21. The summed E-state index contributed by atoms with van der Waals surface area (Å²) in [6.45, 7) is 7.69. The Bertz CT molecular complexity index is 240. The summed E-state index contributed by atoms with van der Waals surface area (Å²) >= 11 is 4.17. The molecule has 2 nitrogen and oxygen atoms in total. The maximum atomic E-state index is 11.8. The summed E-state index contributed by atoms with van der Waals surface area (Å²) in [6.07, 6.45) is 4.09. The fourth-order valence-electron chi connectivity index (χ4n) is 1.99. The molecule has 0 radical (unpaired) electrons. The van der Waals surface area contributed by atoms with Gasteiger partial charge in [0.2, 0.25) is 5.91 Å². The second-order valence-corrected chi connectivity index (χ2v) is 4.64. The SMILES string of the molecule is C=C(CS)CN1CCC(CC)CCC1=O. The molecule has 0 bridgehead atoms. The van der Waals surface area contributed by atoms with Gasteiger partial charge in [0.15, 0.2) is 0 Å². The lowest BCUT2D eigenvalue weighted by Crippen LogP contribution is -2.32. The fourth-order valence-corrected chi connectivity index (χ4v) is 2.09. The average Bonchev–Trinajstić information content (AvgIpc) is 2.42. The topological polar surface area (TPSA) is 20.3 Å². The lowest BCUT2D eigenvalue weighted by Gasteiger charge is -2.21. The minimum atomic E-state index is 0.286. The summed E-state index contributed by atoms with van der Waals surface area (Å²) in [7, 11) is 0. The van der Waals surface area contributed by atoms with Crippen LogP contribution in [-0.2, 0) is 4.79 Å². The molecule has 1 aliphatic rings. The smallest absolute Gasteiger partial charge is 0.222 e.